The molecule has 1 N–H and O–H groups in total. The van der Waals surface area contributed by atoms with Crippen LogP contribution >= 0.6 is 0 Å². The third-order valence-corrected chi connectivity index (χ3v) is 3.59. The predicted molar refractivity (Wildman–Crippen MR) is 92.9 cm³/mol. The molecule has 0 unspecified atom stereocenters. The maximum Gasteiger partial charge on any atom is 0.224 e. The number of hydrogen-bond donors (Lipinski definition) is 1. The van der Waals surface area contributed by atoms with Crippen molar-refractivity contribution < 1.29 is 19.1 Å². The predicted octanol–water partition coefficient (Wildman–Crippen LogP) is 3.61. The molecule has 0 aromatic heterocycles. The summed E-state index contributed by atoms with van der Waals surface area (Å²) in [5, 5.41) is 2.79. The largest absolute Gasteiger partial charge is 0.497 e. The Hall–Kier alpha value is -2.82. The molecule has 0 atom stereocenters. The van der Waals surface area contributed by atoms with E-state index in [1.165, 1.54) is 7.11 Å². The summed E-state index contributed by atoms with van der Waals surface area (Å²) >= 11 is 0. The third-order valence-electron chi connectivity index (χ3n) is 3.59. The fraction of sp³-hybridized carbons (Fsp3) is 0.263. The zero-order chi connectivity index (χ0) is 17.5. The van der Waals surface area contributed by atoms with Gasteiger partial charge < -0.3 is 14.8 Å². The number of nitrogens with one attached hydrogen (secondary N) is 1. The first-order valence-electron chi connectivity index (χ1n) is 7.65. The number of carbonyl (C=O) groups is 2. The molecule has 0 aliphatic heterocycles. The zero-order valence-electron chi connectivity index (χ0n) is 14.1. The van der Waals surface area contributed by atoms with Crippen LogP contribution in [-0.2, 0) is 4.79 Å². The van der Waals surface area contributed by atoms with Gasteiger partial charge in [-0.05, 0) is 36.8 Å². The molecule has 0 spiro atoms. The molecule has 0 heterocycles. The Labute approximate surface area is 141 Å². The van der Waals surface area contributed by atoms with Crippen LogP contribution < -0.4 is 14.8 Å². The lowest BCUT2D eigenvalue weighted by molar-refractivity contribution is -0.116. The van der Waals surface area contributed by atoms with E-state index in [9.17, 15) is 9.59 Å². The topological polar surface area (TPSA) is 64.6 Å². The van der Waals surface area contributed by atoms with Crippen molar-refractivity contribution >= 4 is 17.4 Å². The first-order chi connectivity index (χ1) is 11.5. The first-order valence-corrected chi connectivity index (χ1v) is 7.65. The van der Waals surface area contributed by atoms with Crippen LogP contribution in [-0.4, -0.2) is 25.9 Å². The van der Waals surface area contributed by atoms with E-state index in [0.29, 0.717) is 17.1 Å². The number of ketones is 1. The number of aryl methyl sites for hydroxylation is 1. The minimum absolute atomic E-state index is 0.111. The van der Waals surface area contributed by atoms with E-state index in [0.717, 1.165) is 11.3 Å². The van der Waals surface area contributed by atoms with Gasteiger partial charge in [0.1, 0.15) is 11.5 Å². The Balaban J connectivity index is 1.96. The number of amides is 1. The number of ether oxygens (including phenoxy) is 2. The third kappa shape index (κ3) is 4.59. The smallest absolute Gasteiger partial charge is 0.224 e. The monoisotopic (exact) mass is 327 g/mol. The SMILES string of the molecule is COc1ccc(C(=O)CCC(=O)Nc2cccc(C)c2)c(OC)c1. The van der Waals surface area contributed by atoms with Crippen molar-refractivity contribution in [1.29, 1.82) is 0 Å². The number of methoxy groups -OCH3 is 2. The Bertz CT molecular complexity index is 740. The van der Waals surface area contributed by atoms with Crippen LogP contribution in [0.1, 0.15) is 28.8 Å². The fourth-order valence-corrected chi connectivity index (χ4v) is 2.34. The summed E-state index contributed by atoms with van der Waals surface area (Å²) in [5.41, 5.74) is 2.24. The molecular weight excluding hydrogens is 306 g/mol. The summed E-state index contributed by atoms with van der Waals surface area (Å²) in [6.45, 7) is 1.95. The molecule has 0 saturated carbocycles. The average Bonchev–Trinajstić information content (AvgIpc) is 2.59. The van der Waals surface area contributed by atoms with Gasteiger partial charge in [-0.15, -0.1) is 0 Å². The highest BCUT2D eigenvalue weighted by molar-refractivity contribution is 6.01. The molecular formula is C19H21NO4. The normalized spacial score (nSPS) is 10.1. The van der Waals surface area contributed by atoms with Crippen molar-refractivity contribution in [3.05, 3.63) is 53.6 Å². The number of benzene rings is 2. The summed E-state index contributed by atoms with van der Waals surface area (Å²) in [4.78, 5) is 24.3. The molecule has 0 aliphatic rings. The van der Waals surface area contributed by atoms with Crippen molar-refractivity contribution in [3.8, 4) is 11.5 Å². The first kappa shape index (κ1) is 17.5. The second kappa shape index (κ2) is 8.15. The number of Topliss-reactive ketones (excluding diaryl/α,β-unsaturated/α-hetero) is 1. The lowest BCUT2D eigenvalue weighted by Gasteiger charge is -2.10. The summed E-state index contributed by atoms with van der Waals surface area (Å²) in [7, 11) is 3.04. The molecule has 2 aromatic rings. The second-order valence-corrected chi connectivity index (χ2v) is 5.41. The molecule has 0 radical (unpaired) electrons. The Kier molecular flexibility index (Phi) is 5.95. The molecule has 2 aromatic carbocycles. The lowest BCUT2D eigenvalue weighted by Crippen LogP contribution is -2.14. The van der Waals surface area contributed by atoms with Crippen LogP contribution in [0.2, 0.25) is 0 Å². The summed E-state index contributed by atoms with van der Waals surface area (Å²) in [5.74, 6) is 0.717. The zero-order valence-corrected chi connectivity index (χ0v) is 14.1. The van der Waals surface area contributed by atoms with Crippen molar-refractivity contribution in [3.63, 3.8) is 0 Å². The van der Waals surface area contributed by atoms with E-state index >= 15 is 0 Å². The van der Waals surface area contributed by atoms with Crippen molar-refractivity contribution in [2.24, 2.45) is 0 Å². The minimum Gasteiger partial charge on any atom is -0.497 e. The summed E-state index contributed by atoms with van der Waals surface area (Å²) < 4.78 is 10.3. The van der Waals surface area contributed by atoms with Gasteiger partial charge >= 0.3 is 0 Å². The highest BCUT2D eigenvalue weighted by Crippen LogP contribution is 2.26. The highest BCUT2D eigenvalue weighted by atomic mass is 16.5. The van der Waals surface area contributed by atoms with Crippen LogP contribution in [0.4, 0.5) is 5.69 Å². The molecule has 1 amide bonds. The van der Waals surface area contributed by atoms with Crippen LogP contribution in [0.5, 0.6) is 11.5 Å². The molecule has 126 valence electrons. The molecule has 5 nitrogen and oxygen atoms in total. The molecule has 0 saturated heterocycles. The molecule has 2 rings (SSSR count). The quantitative estimate of drug-likeness (QED) is 0.789. The van der Waals surface area contributed by atoms with Gasteiger partial charge in [0.15, 0.2) is 5.78 Å². The number of hydrogen-bond acceptors (Lipinski definition) is 4. The van der Waals surface area contributed by atoms with Crippen molar-refractivity contribution in [1.82, 2.24) is 0 Å². The van der Waals surface area contributed by atoms with E-state index in [4.69, 9.17) is 9.47 Å². The number of anilines is 1. The summed E-state index contributed by atoms with van der Waals surface area (Å²) in [6, 6.07) is 12.5. The molecule has 5 heteroatoms. The van der Waals surface area contributed by atoms with Crippen LogP contribution in [0.3, 0.4) is 0 Å². The fourth-order valence-electron chi connectivity index (χ4n) is 2.34. The Morgan fingerprint density at radius 2 is 1.79 bits per heavy atom. The maximum atomic E-state index is 12.3. The van der Waals surface area contributed by atoms with Gasteiger partial charge in [0.25, 0.3) is 0 Å². The van der Waals surface area contributed by atoms with Gasteiger partial charge in [-0.1, -0.05) is 12.1 Å². The highest BCUT2D eigenvalue weighted by Gasteiger charge is 2.15. The van der Waals surface area contributed by atoms with E-state index in [-0.39, 0.29) is 24.5 Å². The minimum atomic E-state index is -0.193. The molecule has 24 heavy (non-hydrogen) atoms. The maximum absolute atomic E-state index is 12.3. The van der Waals surface area contributed by atoms with E-state index in [1.54, 1.807) is 25.3 Å². The van der Waals surface area contributed by atoms with Gasteiger partial charge in [-0.2, -0.15) is 0 Å². The van der Waals surface area contributed by atoms with Crippen molar-refractivity contribution in [2.45, 2.75) is 19.8 Å². The summed E-state index contributed by atoms with van der Waals surface area (Å²) in [6.07, 6.45) is 0.225. The molecule has 0 bridgehead atoms. The van der Waals surface area contributed by atoms with E-state index < -0.39 is 0 Å². The lowest BCUT2D eigenvalue weighted by atomic mass is 10.0. The van der Waals surface area contributed by atoms with Gasteiger partial charge in [0, 0.05) is 24.6 Å². The Morgan fingerprint density at radius 3 is 2.46 bits per heavy atom. The standard InChI is InChI=1S/C19H21NO4/c1-13-5-4-6-14(11-13)20-19(22)10-9-17(21)16-8-7-15(23-2)12-18(16)24-3/h4-8,11-12H,9-10H2,1-3H3,(H,20,22). The van der Waals surface area contributed by atoms with Gasteiger partial charge in [0.2, 0.25) is 5.91 Å². The van der Waals surface area contributed by atoms with Gasteiger partial charge in [-0.3, -0.25) is 9.59 Å². The van der Waals surface area contributed by atoms with Crippen LogP contribution in [0.25, 0.3) is 0 Å². The molecule has 0 aliphatic carbocycles. The average molecular weight is 327 g/mol. The van der Waals surface area contributed by atoms with Gasteiger partial charge in [0.05, 0.1) is 19.8 Å². The number of rotatable bonds is 7. The Morgan fingerprint density at radius 1 is 1.00 bits per heavy atom. The van der Waals surface area contributed by atoms with E-state index in [1.807, 2.05) is 31.2 Å². The van der Waals surface area contributed by atoms with Crippen LogP contribution in [0.15, 0.2) is 42.5 Å². The van der Waals surface area contributed by atoms with Crippen LogP contribution in [0, 0.1) is 6.92 Å². The second-order valence-electron chi connectivity index (χ2n) is 5.41. The molecule has 0 fully saturated rings. The number of carbonyl (C=O) groups excluding carboxylic acids is 2. The van der Waals surface area contributed by atoms with E-state index in [2.05, 4.69) is 5.32 Å². The van der Waals surface area contributed by atoms with Crippen molar-refractivity contribution in [2.75, 3.05) is 19.5 Å². The van der Waals surface area contributed by atoms with Gasteiger partial charge in [-0.25, -0.2) is 0 Å².